The van der Waals surface area contributed by atoms with E-state index >= 15 is 0 Å². The zero-order chi connectivity index (χ0) is 23.4. The minimum atomic E-state index is -0.343. The second kappa shape index (κ2) is 9.70. The zero-order valence-corrected chi connectivity index (χ0v) is 18.5. The molecular formula is C23H26N6O4. The van der Waals surface area contributed by atoms with Crippen LogP contribution in [0.2, 0.25) is 0 Å². The van der Waals surface area contributed by atoms with Crippen molar-refractivity contribution in [2.75, 3.05) is 25.5 Å². The van der Waals surface area contributed by atoms with Gasteiger partial charge < -0.3 is 15.2 Å². The number of hydrogen-bond acceptors (Lipinski definition) is 6. The molecule has 10 heteroatoms. The second-order valence-corrected chi connectivity index (χ2v) is 7.81. The molecule has 172 valence electrons. The summed E-state index contributed by atoms with van der Waals surface area (Å²) >= 11 is 0. The average molecular weight is 450 g/mol. The van der Waals surface area contributed by atoms with Gasteiger partial charge in [-0.3, -0.25) is 24.7 Å². The van der Waals surface area contributed by atoms with Gasteiger partial charge in [0.05, 0.1) is 35.0 Å². The standard InChI is InChI=1S/C23H26N6O4/c1-3-5-16(13-24-33-2)23(32)25-17-6-4-7-18-21(17)22-26-20(31)12-19(29(22)27-18)15-8-10-28(14-30)11-9-15/h3-7,12-15,24H,8-11H2,1-2H3,(H,25,32)(H,26,31)/b5-3-,16-13+. The molecule has 3 heterocycles. The number of hydroxylamine groups is 1. The number of aromatic amines is 1. The van der Waals surface area contributed by atoms with Gasteiger partial charge in [0.25, 0.3) is 11.5 Å². The van der Waals surface area contributed by atoms with Crippen molar-refractivity contribution in [1.29, 1.82) is 0 Å². The highest BCUT2D eigenvalue weighted by molar-refractivity contribution is 6.12. The number of amides is 2. The minimum absolute atomic E-state index is 0.0997. The quantitative estimate of drug-likeness (QED) is 0.219. The SMILES string of the molecule is C/C=C\C(=C/NOC)C(=O)Nc1cccc2nn3c(C4CCN(C=O)CC4)cc(=O)[nH]c3c12. The summed E-state index contributed by atoms with van der Waals surface area (Å²) in [5.74, 6) is -0.244. The van der Waals surface area contributed by atoms with Crippen molar-refractivity contribution in [2.24, 2.45) is 0 Å². The fourth-order valence-electron chi connectivity index (χ4n) is 4.17. The van der Waals surface area contributed by atoms with Gasteiger partial charge in [-0.25, -0.2) is 4.52 Å². The van der Waals surface area contributed by atoms with Gasteiger partial charge in [0.2, 0.25) is 6.41 Å². The van der Waals surface area contributed by atoms with Crippen molar-refractivity contribution in [3.63, 3.8) is 0 Å². The van der Waals surface area contributed by atoms with Crippen LogP contribution in [-0.4, -0.2) is 52.0 Å². The van der Waals surface area contributed by atoms with Gasteiger partial charge in [0.1, 0.15) is 5.65 Å². The number of carbonyl (C=O) groups is 2. The predicted octanol–water partition coefficient (Wildman–Crippen LogP) is 2.06. The third-order valence-corrected chi connectivity index (χ3v) is 5.75. The van der Waals surface area contributed by atoms with Crippen LogP contribution in [-0.2, 0) is 14.4 Å². The van der Waals surface area contributed by atoms with Crippen LogP contribution in [0.3, 0.4) is 0 Å². The Kier molecular flexibility index (Phi) is 6.55. The first-order valence-corrected chi connectivity index (χ1v) is 10.7. The Morgan fingerprint density at radius 2 is 2.09 bits per heavy atom. The van der Waals surface area contributed by atoms with E-state index in [0.717, 1.165) is 24.9 Å². The number of piperidine rings is 1. The number of benzene rings is 1. The summed E-state index contributed by atoms with van der Waals surface area (Å²) in [5, 5.41) is 8.28. The Balaban J connectivity index is 1.77. The van der Waals surface area contributed by atoms with E-state index in [1.54, 1.807) is 39.8 Å². The molecule has 1 saturated heterocycles. The van der Waals surface area contributed by atoms with E-state index in [-0.39, 0.29) is 17.4 Å². The van der Waals surface area contributed by atoms with Crippen molar-refractivity contribution in [2.45, 2.75) is 25.7 Å². The largest absolute Gasteiger partial charge is 0.345 e. The summed E-state index contributed by atoms with van der Waals surface area (Å²) in [4.78, 5) is 46.0. The number of aromatic nitrogens is 3. The highest BCUT2D eigenvalue weighted by atomic mass is 16.6. The van der Waals surface area contributed by atoms with E-state index in [1.807, 2.05) is 13.0 Å². The number of allylic oxidation sites excluding steroid dienone is 1. The molecule has 0 atom stereocenters. The van der Waals surface area contributed by atoms with E-state index in [9.17, 15) is 14.4 Å². The number of H-pyrrole nitrogens is 1. The lowest BCUT2D eigenvalue weighted by molar-refractivity contribution is -0.119. The van der Waals surface area contributed by atoms with E-state index in [2.05, 4.69) is 15.8 Å². The van der Waals surface area contributed by atoms with Crippen LogP contribution >= 0.6 is 0 Å². The van der Waals surface area contributed by atoms with Gasteiger partial charge in [0.15, 0.2) is 0 Å². The maximum atomic E-state index is 12.9. The predicted molar refractivity (Wildman–Crippen MR) is 125 cm³/mol. The number of nitrogens with one attached hydrogen (secondary N) is 3. The van der Waals surface area contributed by atoms with Crippen LogP contribution in [0.4, 0.5) is 5.69 Å². The monoisotopic (exact) mass is 450 g/mol. The lowest BCUT2D eigenvalue weighted by atomic mass is 9.93. The van der Waals surface area contributed by atoms with Crippen LogP contribution in [0.15, 0.2) is 53.0 Å². The molecule has 1 aromatic carbocycles. The molecule has 0 unspecified atom stereocenters. The third kappa shape index (κ3) is 4.51. The smallest absolute Gasteiger partial charge is 0.257 e. The van der Waals surface area contributed by atoms with E-state index < -0.39 is 0 Å². The van der Waals surface area contributed by atoms with Crippen molar-refractivity contribution < 1.29 is 14.4 Å². The molecule has 1 aliphatic rings. The van der Waals surface area contributed by atoms with E-state index in [0.29, 0.717) is 40.9 Å². The third-order valence-electron chi connectivity index (χ3n) is 5.75. The van der Waals surface area contributed by atoms with Crippen LogP contribution < -0.4 is 16.4 Å². The fraction of sp³-hybridized carbons (Fsp3) is 0.304. The average Bonchev–Trinajstić information content (AvgIpc) is 3.20. The first-order chi connectivity index (χ1) is 16.0. The van der Waals surface area contributed by atoms with Gasteiger partial charge in [-0.1, -0.05) is 18.2 Å². The molecule has 1 aliphatic heterocycles. The van der Waals surface area contributed by atoms with E-state index in [4.69, 9.17) is 9.94 Å². The molecule has 33 heavy (non-hydrogen) atoms. The molecule has 3 N–H and O–H groups in total. The highest BCUT2D eigenvalue weighted by Gasteiger charge is 2.24. The molecule has 2 aromatic heterocycles. The lowest BCUT2D eigenvalue weighted by Gasteiger charge is -2.29. The molecule has 0 aliphatic carbocycles. The number of anilines is 1. The summed E-state index contributed by atoms with van der Waals surface area (Å²) in [6.07, 6.45) is 7.22. The molecule has 10 nitrogen and oxygen atoms in total. The topological polar surface area (TPSA) is 121 Å². The minimum Gasteiger partial charge on any atom is -0.345 e. The summed E-state index contributed by atoms with van der Waals surface area (Å²) in [6.45, 7) is 3.09. The van der Waals surface area contributed by atoms with Crippen LogP contribution in [0.5, 0.6) is 0 Å². The molecule has 2 amide bonds. The molecule has 0 radical (unpaired) electrons. The lowest BCUT2D eigenvalue weighted by Crippen LogP contribution is -2.32. The molecule has 0 spiro atoms. The molecule has 1 fully saturated rings. The van der Waals surface area contributed by atoms with Gasteiger partial charge >= 0.3 is 0 Å². The molecule has 3 aromatic rings. The Morgan fingerprint density at radius 1 is 1.30 bits per heavy atom. The summed E-state index contributed by atoms with van der Waals surface area (Å²) in [5.41, 5.74) is 5.18. The number of carbonyl (C=O) groups excluding carboxylic acids is 2. The highest BCUT2D eigenvalue weighted by Crippen LogP contribution is 2.31. The molecular weight excluding hydrogens is 424 g/mol. The fourth-order valence-corrected chi connectivity index (χ4v) is 4.17. The maximum Gasteiger partial charge on any atom is 0.257 e. The Hall–Kier alpha value is -3.92. The van der Waals surface area contributed by atoms with Gasteiger partial charge in [0, 0.05) is 31.3 Å². The number of fused-ring (bicyclic) bond motifs is 3. The summed E-state index contributed by atoms with van der Waals surface area (Å²) < 4.78 is 1.75. The summed E-state index contributed by atoms with van der Waals surface area (Å²) in [7, 11) is 1.46. The van der Waals surface area contributed by atoms with Gasteiger partial charge in [-0.05, 0) is 31.9 Å². The van der Waals surface area contributed by atoms with E-state index in [1.165, 1.54) is 13.3 Å². The zero-order valence-electron chi connectivity index (χ0n) is 18.5. The Bertz CT molecular complexity index is 1300. The van der Waals surface area contributed by atoms with Crippen LogP contribution in [0.25, 0.3) is 16.6 Å². The number of hydrogen-bond donors (Lipinski definition) is 3. The van der Waals surface area contributed by atoms with Crippen LogP contribution in [0, 0.1) is 0 Å². The van der Waals surface area contributed by atoms with Crippen molar-refractivity contribution >= 4 is 34.6 Å². The maximum absolute atomic E-state index is 12.9. The Morgan fingerprint density at radius 3 is 2.79 bits per heavy atom. The molecule has 0 saturated carbocycles. The van der Waals surface area contributed by atoms with Crippen LogP contribution in [0.1, 0.15) is 31.4 Å². The van der Waals surface area contributed by atoms with Gasteiger partial charge in [-0.15, -0.1) is 0 Å². The number of nitrogens with zero attached hydrogens (tertiary/aromatic N) is 3. The molecule has 0 bridgehead atoms. The number of rotatable bonds is 7. The Labute approximate surface area is 189 Å². The number of likely N-dealkylation sites (tertiary alicyclic amines) is 1. The second-order valence-electron chi connectivity index (χ2n) is 7.81. The van der Waals surface area contributed by atoms with Crippen molar-refractivity contribution in [3.8, 4) is 0 Å². The van der Waals surface area contributed by atoms with Crippen molar-refractivity contribution in [3.05, 3.63) is 64.2 Å². The van der Waals surface area contributed by atoms with Gasteiger partial charge in [-0.2, -0.15) is 5.10 Å². The normalized spacial score (nSPS) is 15.5. The first-order valence-electron chi connectivity index (χ1n) is 10.7. The van der Waals surface area contributed by atoms with Crippen molar-refractivity contribution in [1.82, 2.24) is 25.0 Å². The first kappa shape index (κ1) is 22.3. The molecule has 4 rings (SSSR count). The summed E-state index contributed by atoms with van der Waals surface area (Å²) in [6, 6.07) is 6.98.